The maximum Gasteiger partial charge on any atom is 0.424 e. The summed E-state index contributed by atoms with van der Waals surface area (Å²) in [5.41, 5.74) is 2.35. The highest BCUT2D eigenvalue weighted by molar-refractivity contribution is 7.09. The van der Waals surface area contributed by atoms with E-state index in [0.717, 1.165) is 4.57 Å². The van der Waals surface area contributed by atoms with Crippen LogP contribution in [0.1, 0.15) is 27.7 Å². The zero-order valence-electron chi connectivity index (χ0n) is 13.8. The summed E-state index contributed by atoms with van der Waals surface area (Å²) in [5, 5.41) is 14.7. The number of nitrogens with two attached hydrogens (primary N) is 1. The van der Waals surface area contributed by atoms with Crippen LogP contribution < -0.4 is 11.1 Å². The van der Waals surface area contributed by atoms with Crippen molar-refractivity contribution in [1.29, 1.82) is 0 Å². The topological polar surface area (TPSA) is 106 Å². The van der Waals surface area contributed by atoms with Gasteiger partial charge in [-0.3, -0.25) is 4.79 Å². The molecular formula is C14H19ClF3N5O2S. The van der Waals surface area contributed by atoms with Gasteiger partial charge < -0.3 is 20.7 Å². The second-order valence-corrected chi connectivity index (χ2v) is 6.33. The van der Waals surface area contributed by atoms with Crippen LogP contribution in [0.15, 0.2) is 17.8 Å². The van der Waals surface area contributed by atoms with Crippen molar-refractivity contribution in [3.8, 4) is 0 Å². The standard InChI is InChI=1S/C14H18F3N5O2S.ClH/c1-22-7-6-20-12(22)13(24,14(15,16)17)3-5-19-11(23)9-8-25-10(21-9)2-4-18;/h6-8,24H,2-5,18H2,1H3,(H,19,23);1H. The Morgan fingerprint density at radius 1 is 1.46 bits per heavy atom. The number of nitrogens with one attached hydrogen (secondary N) is 1. The van der Waals surface area contributed by atoms with E-state index in [1.165, 1.54) is 36.2 Å². The number of nitrogens with zero attached hydrogens (tertiary/aromatic N) is 3. The molecule has 0 aromatic carbocycles. The number of rotatable bonds is 7. The molecule has 2 rings (SSSR count). The van der Waals surface area contributed by atoms with Crippen LogP contribution in [0, 0.1) is 0 Å². The summed E-state index contributed by atoms with van der Waals surface area (Å²) in [6.07, 6.45) is -2.72. The molecule has 12 heteroatoms. The van der Waals surface area contributed by atoms with Crippen LogP contribution in [0.5, 0.6) is 0 Å². The molecule has 0 aliphatic carbocycles. The lowest BCUT2D eigenvalue weighted by atomic mass is 9.97. The molecule has 2 aromatic rings. The lowest BCUT2D eigenvalue weighted by Crippen LogP contribution is -2.46. The van der Waals surface area contributed by atoms with Crippen LogP contribution in [-0.4, -0.2) is 44.8 Å². The predicted molar refractivity (Wildman–Crippen MR) is 92.2 cm³/mol. The molecule has 146 valence electrons. The van der Waals surface area contributed by atoms with E-state index < -0.39 is 36.5 Å². The normalized spacial score (nSPS) is 13.8. The summed E-state index contributed by atoms with van der Waals surface area (Å²) in [5.74, 6) is -1.14. The molecule has 0 saturated carbocycles. The molecule has 7 nitrogen and oxygen atoms in total. The van der Waals surface area contributed by atoms with Gasteiger partial charge in [0.25, 0.3) is 5.91 Å². The summed E-state index contributed by atoms with van der Waals surface area (Å²) >= 11 is 1.25. The van der Waals surface area contributed by atoms with Gasteiger partial charge in [-0.2, -0.15) is 13.2 Å². The third kappa shape index (κ3) is 4.72. The van der Waals surface area contributed by atoms with Crippen molar-refractivity contribution in [2.24, 2.45) is 12.8 Å². The Bertz CT molecular complexity index is 736. The van der Waals surface area contributed by atoms with Crippen LogP contribution in [0.25, 0.3) is 0 Å². The number of aryl methyl sites for hydroxylation is 1. The first-order chi connectivity index (χ1) is 11.7. The van der Waals surface area contributed by atoms with E-state index >= 15 is 0 Å². The van der Waals surface area contributed by atoms with Crippen molar-refractivity contribution in [2.75, 3.05) is 13.1 Å². The molecule has 26 heavy (non-hydrogen) atoms. The van der Waals surface area contributed by atoms with Crippen molar-refractivity contribution in [2.45, 2.75) is 24.6 Å². The van der Waals surface area contributed by atoms with Crippen molar-refractivity contribution in [1.82, 2.24) is 19.9 Å². The minimum absolute atomic E-state index is 0. The average Bonchev–Trinajstić information content (AvgIpc) is 3.15. The van der Waals surface area contributed by atoms with Gasteiger partial charge in [0.2, 0.25) is 5.60 Å². The number of imidazole rings is 1. The van der Waals surface area contributed by atoms with Gasteiger partial charge in [0.05, 0.1) is 5.01 Å². The van der Waals surface area contributed by atoms with Crippen molar-refractivity contribution in [3.05, 3.63) is 34.3 Å². The van der Waals surface area contributed by atoms with Crippen LogP contribution in [0.3, 0.4) is 0 Å². The first-order valence-electron chi connectivity index (χ1n) is 7.38. The Hall–Kier alpha value is -1.69. The number of alkyl halides is 3. The fraction of sp³-hybridized carbons (Fsp3) is 0.500. The molecule has 2 heterocycles. The van der Waals surface area contributed by atoms with E-state index in [2.05, 4.69) is 15.3 Å². The largest absolute Gasteiger partial charge is 0.424 e. The SMILES string of the molecule is Cl.Cn1ccnc1C(O)(CCNC(=O)c1csc(CCN)n1)C(F)(F)F. The number of aromatic nitrogens is 3. The van der Waals surface area contributed by atoms with Gasteiger partial charge in [0.1, 0.15) is 11.5 Å². The number of amides is 1. The first kappa shape index (κ1) is 22.4. The molecule has 0 bridgehead atoms. The number of hydrogen-bond donors (Lipinski definition) is 3. The number of carbonyl (C=O) groups excluding carboxylic acids is 1. The van der Waals surface area contributed by atoms with E-state index in [-0.39, 0.29) is 18.1 Å². The third-order valence-electron chi connectivity index (χ3n) is 3.58. The van der Waals surface area contributed by atoms with Crippen LogP contribution in [0.4, 0.5) is 13.2 Å². The van der Waals surface area contributed by atoms with Crippen molar-refractivity contribution >= 4 is 29.7 Å². The monoisotopic (exact) mass is 413 g/mol. The lowest BCUT2D eigenvalue weighted by molar-refractivity contribution is -0.272. The fourth-order valence-electron chi connectivity index (χ4n) is 2.25. The maximum atomic E-state index is 13.3. The molecule has 1 amide bonds. The number of thiazole rings is 1. The van der Waals surface area contributed by atoms with E-state index in [1.54, 1.807) is 0 Å². The Kier molecular flexibility index (Phi) is 7.57. The van der Waals surface area contributed by atoms with Gasteiger partial charge in [0, 0.05) is 44.2 Å². The van der Waals surface area contributed by atoms with Gasteiger partial charge in [-0.1, -0.05) is 0 Å². The molecule has 0 spiro atoms. The van der Waals surface area contributed by atoms with E-state index in [4.69, 9.17) is 5.73 Å². The van der Waals surface area contributed by atoms with E-state index in [9.17, 15) is 23.1 Å². The predicted octanol–water partition coefficient (Wildman–Crippen LogP) is 1.37. The second-order valence-electron chi connectivity index (χ2n) is 5.39. The Morgan fingerprint density at radius 3 is 2.69 bits per heavy atom. The Balaban J connectivity index is 0.00000338. The first-order valence-corrected chi connectivity index (χ1v) is 8.26. The smallest absolute Gasteiger partial charge is 0.374 e. The molecule has 2 aromatic heterocycles. The second kappa shape index (κ2) is 8.80. The van der Waals surface area contributed by atoms with Gasteiger partial charge in [0.15, 0.2) is 0 Å². The van der Waals surface area contributed by atoms with Gasteiger partial charge in [-0.15, -0.1) is 23.7 Å². The highest BCUT2D eigenvalue weighted by atomic mass is 35.5. The average molecular weight is 414 g/mol. The zero-order chi connectivity index (χ0) is 18.7. The number of hydrogen-bond acceptors (Lipinski definition) is 6. The van der Waals surface area contributed by atoms with Crippen molar-refractivity contribution in [3.63, 3.8) is 0 Å². The Labute approximate surface area is 157 Å². The number of carbonyl (C=O) groups is 1. The molecule has 1 unspecified atom stereocenters. The number of halogens is 4. The quantitative estimate of drug-likeness (QED) is 0.635. The van der Waals surface area contributed by atoms with Gasteiger partial charge in [-0.05, 0) is 6.54 Å². The molecule has 0 aliphatic rings. The van der Waals surface area contributed by atoms with Crippen LogP contribution in [-0.2, 0) is 19.1 Å². The molecule has 0 saturated heterocycles. The summed E-state index contributed by atoms with van der Waals surface area (Å²) in [6.45, 7) is -0.0116. The van der Waals surface area contributed by atoms with Crippen molar-refractivity contribution < 1.29 is 23.1 Å². The van der Waals surface area contributed by atoms with E-state index in [0.29, 0.717) is 18.0 Å². The minimum Gasteiger partial charge on any atom is -0.374 e. The summed E-state index contributed by atoms with van der Waals surface area (Å²) in [4.78, 5) is 19.6. The molecule has 1 atom stereocenters. The summed E-state index contributed by atoms with van der Waals surface area (Å²) in [6, 6.07) is 0. The highest BCUT2D eigenvalue weighted by Crippen LogP contribution is 2.40. The van der Waals surface area contributed by atoms with Crippen LogP contribution >= 0.6 is 23.7 Å². The molecule has 0 aliphatic heterocycles. The van der Waals surface area contributed by atoms with Crippen LogP contribution in [0.2, 0.25) is 0 Å². The maximum absolute atomic E-state index is 13.3. The highest BCUT2D eigenvalue weighted by Gasteiger charge is 2.57. The minimum atomic E-state index is -4.94. The van der Waals surface area contributed by atoms with E-state index in [1.807, 2.05) is 0 Å². The fourth-order valence-corrected chi connectivity index (χ4v) is 3.04. The third-order valence-corrected chi connectivity index (χ3v) is 4.48. The molecular weight excluding hydrogens is 395 g/mol. The number of aliphatic hydroxyl groups is 1. The van der Waals surface area contributed by atoms with Gasteiger partial charge >= 0.3 is 6.18 Å². The Morgan fingerprint density at radius 2 is 2.15 bits per heavy atom. The summed E-state index contributed by atoms with van der Waals surface area (Å²) in [7, 11) is 1.35. The zero-order valence-corrected chi connectivity index (χ0v) is 15.4. The lowest BCUT2D eigenvalue weighted by Gasteiger charge is -2.29. The van der Waals surface area contributed by atoms with Gasteiger partial charge in [-0.25, -0.2) is 9.97 Å². The molecule has 4 N–H and O–H groups in total. The summed E-state index contributed by atoms with van der Waals surface area (Å²) < 4.78 is 41.1. The molecule has 0 radical (unpaired) electrons. The molecule has 0 fully saturated rings.